The Morgan fingerprint density at radius 1 is 0.846 bits per heavy atom. The van der Waals surface area contributed by atoms with E-state index in [4.69, 9.17) is 0 Å². The van der Waals surface area contributed by atoms with Crippen LogP contribution in [0.15, 0.2) is 78.9 Å². The molecule has 2 fully saturated rings. The molecule has 0 bridgehead atoms. The zero-order valence-electron chi connectivity index (χ0n) is 22.9. The van der Waals surface area contributed by atoms with Gasteiger partial charge in [0.25, 0.3) is 0 Å². The average Bonchev–Trinajstić information content (AvgIpc) is 3.32. The molecular weight excluding hydrogens is 502 g/mol. The average molecular weight is 538 g/mol. The van der Waals surface area contributed by atoms with E-state index in [-0.39, 0.29) is 11.8 Å². The molecule has 2 amide bonds. The van der Waals surface area contributed by atoms with Crippen molar-refractivity contribution in [2.75, 3.05) is 19.6 Å². The van der Waals surface area contributed by atoms with Gasteiger partial charge < -0.3 is 9.80 Å². The zero-order chi connectivity index (χ0) is 27.1. The maximum Gasteiger partial charge on any atom is 0.248 e. The molecule has 200 valence electrons. The first-order valence-corrected chi connectivity index (χ1v) is 14.7. The molecule has 39 heavy (non-hydrogen) atoms. The van der Waals surface area contributed by atoms with Crippen molar-refractivity contribution in [3.8, 4) is 11.1 Å². The number of benzene rings is 3. The number of hydrogen-bond donors (Lipinski definition) is 0. The second-order valence-corrected chi connectivity index (χ2v) is 12.3. The standard InChI is InChI=1S/C33H35N3O2S/c1-4-29-27(26-12-8-9-13-30(26)39-29)21-34-18-19-35-28(22-34)31(37)36(33(2,3)32(35)38)20-23-14-16-25(17-15-23)24-10-6-5-7-11-24/h5-17,28H,4,18-22H2,1-3H3. The maximum absolute atomic E-state index is 14.0. The van der Waals surface area contributed by atoms with E-state index < -0.39 is 11.6 Å². The Morgan fingerprint density at radius 3 is 2.28 bits per heavy atom. The van der Waals surface area contributed by atoms with Crippen molar-refractivity contribution < 1.29 is 9.59 Å². The lowest BCUT2D eigenvalue weighted by molar-refractivity contribution is -0.173. The Hall–Kier alpha value is -3.48. The molecule has 1 atom stereocenters. The van der Waals surface area contributed by atoms with Crippen LogP contribution in [0.25, 0.3) is 21.2 Å². The van der Waals surface area contributed by atoms with Crippen LogP contribution < -0.4 is 0 Å². The van der Waals surface area contributed by atoms with Crippen LogP contribution in [0, 0.1) is 0 Å². The summed E-state index contributed by atoms with van der Waals surface area (Å²) in [5, 5.41) is 1.31. The fourth-order valence-corrected chi connectivity index (χ4v) is 7.24. The molecular formula is C33H35N3O2S. The van der Waals surface area contributed by atoms with Gasteiger partial charge in [-0.05, 0) is 54.0 Å². The molecule has 1 aromatic heterocycles. The second kappa shape index (κ2) is 10.2. The third kappa shape index (κ3) is 4.66. The van der Waals surface area contributed by atoms with Crippen LogP contribution in [-0.4, -0.2) is 57.7 Å². The molecule has 2 aliphatic heterocycles. The third-order valence-electron chi connectivity index (χ3n) is 8.36. The number of piperazine rings is 2. The van der Waals surface area contributed by atoms with E-state index in [2.05, 4.69) is 72.5 Å². The highest BCUT2D eigenvalue weighted by Crippen LogP contribution is 2.35. The molecule has 3 aromatic carbocycles. The van der Waals surface area contributed by atoms with E-state index in [1.165, 1.54) is 20.5 Å². The predicted octanol–water partition coefficient (Wildman–Crippen LogP) is 5.96. The van der Waals surface area contributed by atoms with Crippen molar-refractivity contribution in [3.05, 3.63) is 94.9 Å². The molecule has 2 aliphatic rings. The summed E-state index contributed by atoms with van der Waals surface area (Å²) in [5.74, 6) is 0.0882. The Labute approximate surface area is 234 Å². The van der Waals surface area contributed by atoms with Gasteiger partial charge in [0.2, 0.25) is 11.8 Å². The lowest BCUT2D eigenvalue weighted by atomic mass is 9.91. The lowest BCUT2D eigenvalue weighted by Crippen LogP contribution is -2.73. The summed E-state index contributed by atoms with van der Waals surface area (Å²) in [6.07, 6.45) is 1.00. The van der Waals surface area contributed by atoms with Crippen LogP contribution in [0.4, 0.5) is 0 Å². The van der Waals surface area contributed by atoms with E-state index in [1.807, 2.05) is 48.3 Å². The fraction of sp³-hybridized carbons (Fsp3) is 0.333. The van der Waals surface area contributed by atoms with E-state index in [0.29, 0.717) is 19.6 Å². The number of aryl methyl sites for hydroxylation is 1. The van der Waals surface area contributed by atoms with Crippen molar-refractivity contribution in [1.29, 1.82) is 0 Å². The Morgan fingerprint density at radius 2 is 1.54 bits per heavy atom. The van der Waals surface area contributed by atoms with E-state index in [9.17, 15) is 9.59 Å². The van der Waals surface area contributed by atoms with Crippen molar-refractivity contribution in [1.82, 2.24) is 14.7 Å². The van der Waals surface area contributed by atoms with Gasteiger partial charge in [-0.3, -0.25) is 14.5 Å². The van der Waals surface area contributed by atoms with E-state index in [1.54, 1.807) is 4.90 Å². The lowest BCUT2D eigenvalue weighted by Gasteiger charge is -2.52. The van der Waals surface area contributed by atoms with E-state index in [0.717, 1.165) is 36.2 Å². The first-order valence-electron chi connectivity index (χ1n) is 13.9. The van der Waals surface area contributed by atoms with Crippen LogP contribution in [0.5, 0.6) is 0 Å². The van der Waals surface area contributed by atoms with Gasteiger partial charge in [-0.15, -0.1) is 11.3 Å². The SMILES string of the molecule is CCc1sc2ccccc2c1CN1CCN2C(=O)C(C)(C)N(Cc3ccc(-c4ccccc4)cc3)C(=O)C2C1. The number of nitrogens with zero attached hydrogens (tertiary/aromatic N) is 3. The monoisotopic (exact) mass is 537 g/mol. The minimum atomic E-state index is -0.882. The van der Waals surface area contributed by atoms with Crippen molar-refractivity contribution in [3.63, 3.8) is 0 Å². The minimum absolute atomic E-state index is 0.0438. The molecule has 0 saturated carbocycles. The summed E-state index contributed by atoms with van der Waals surface area (Å²) in [6.45, 7) is 9.15. The number of amides is 2. The molecule has 0 radical (unpaired) electrons. The van der Waals surface area contributed by atoms with Crippen LogP contribution in [0.1, 0.15) is 36.8 Å². The number of carbonyl (C=O) groups excluding carboxylic acids is 2. The smallest absolute Gasteiger partial charge is 0.248 e. The van der Waals surface area contributed by atoms with Crippen molar-refractivity contribution >= 4 is 33.2 Å². The van der Waals surface area contributed by atoms with Gasteiger partial charge in [0.05, 0.1) is 0 Å². The molecule has 0 N–H and O–H groups in total. The first-order chi connectivity index (χ1) is 18.9. The number of carbonyl (C=O) groups is 2. The Kier molecular flexibility index (Phi) is 6.77. The van der Waals surface area contributed by atoms with Crippen LogP contribution in [0.3, 0.4) is 0 Å². The van der Waals surface area contributed by atoms with Gasteiger partial charge >= 0.3 is 0 Å². The van der Waals surface area contributed by atoms with Crippen molar-refractivity contribution in [2.45, 2.75) is 51.9 Å². The topological polar surface area (TPSA) is 43.9 Å². The predicted molar refractivity (Wildman–Crippen MR) is 158 cm³/mol. The van der Waals surface area contributed by atoms with Gasteiger partial charge in [0.15, 0.2) is 0 Å². The third-order valence-corrected chi connectivity index (χ3v) is 9.72. The second-order valence-electron chi connectivity index (χ2n) is 11.1. The van der Waals surface area contributed by atoms with Gasteiger partial charge in [0.1, 0.15) is 11.6 Å². The highest BCUT2D eigenvalue weighted by atomic mass is 32.1. The van der Waals surface area contributed by atoms with Crippen LogP contribution in [0.2, 0.25) is 0 Å². The van der Waals surface area contributed by atoms with Gasteiger partial charge in [0, 0.05) is 42.3 Å². The van der Waals surface area contributed by atoms with Gasteiger partial charge in [-0.1, -0.05) is 79.7 Å². The maximum atomic E-state index is 14.0. The quantitative estimate of drug-likeness (QED) is 0.305. The summed E-state index contributed by atoms with van der Waals surface area (Å²) >= 11 is 1.87. The Bertz CT molecular complexity index is 1510. The van der Waals surface area contributed by atoms with Crippen LogP contribution >= 0.6 is 11.3 Å². The summed E-state index contributed by atoms with van der Waals surface area (Å²) < 4.78 is 1.32. The number of hydrogen-bond acceptors (Lipinski definition) is 4. The first kappa shape index (κ1) is 25.8. The van der Waals surface area contributed by atoms with Gasteiger partial charge in [-0.25, -0.2) is 0 Å². The number of fused-ring (bicyclic) bond motifs is 2. The molecule has 0 spiro atoms. The summed E-state index contributed by atoms with van der Waals surface area (Å²) in [6, 6.07) is 26.8. The Balaban J connectivity index is 1.22. The summed E-state index contributed by atoms with van der Waals surface area (Å²) in [4.78, 5) is 35.1. The molecule has 6 rings (SSSR count). The fourth-order valence-electron chi connectivity index (χ4n) is 6.08. The van der Waals surface area contributed by atoms with E-state index >= 15 is 0 Å². The summed E-state index contributed by atoms with van der Waals surface area (Å²) in [7, 11) is 0. The highest BCUT2D eigenvalue weighted by molar-refractivity contribution is 7.19. The molecule has 4 aromatic rings. The molecule has 5 nitrogen and oxygen atoms in total. The minimum Gasteiger partial charge on any atom is -0.326 e. The highest BCUT2D eigenvalue weighted by Gasteiger charge is 2.52. The van der Waals surface area contributed by atoms with Gasteiger partial charge in [-0.2, -0.15) is 0 Å². The van der Waals surface area contributed by atoms with Crippen LogP contribution in [-0.2, 0) is 29.1 Å². The largest absolute Gasteiger partial charge is 0.326 e. The normalized spacial score (nSPS) is 19.5. The molecule has 2 saturated heterocycles. The molecule has 3 heterocycles. The molecule has 1 unspecified atom stereocenters. The summed E-state index contributed by atoms with van der Waals surface area (Å²) in [5.41, 5.74) is 3.82. The number of rotatable bonds is 6. The van der Waals surface area contributed by atoms with Crippen molar-refractivity contribution in [2.24, 2.45) is 0 Å². The molecule has 0 aliphatic carbocycles. The molecule has 6 heteroatoms. The number of thiophene rings is 1. The zero-order valence-corrected chi connectivity index (χ0v) is 23.7.